The molecule has 0 radical (unpaired) electrons. The van der Waals surface area contributed by atoms with Crippen molar-refractivity contribution in [1.82, 2.24) is 10.2 Å². The average Bonchev–Trinajstić information content (AvgIpc) is 3.30. The third-order valence-electron chi connectivity index (χ3n) is 5.68. The lowest BCUT2D eigenvalue weighted by molar-refractivity contribution is -0.134. The van der Waals surface area contributed by atoms with Crippen LogP contribution in [0.4, 0.5) is 0 Å². The monoisotopic (exact) mass is 388 g/mol. The standard InChI is InChI=1S/C25H28N2O2/c28-25(27-14-13-26-19-23(27)17-21-10-5-2-6-11-21)18-22(24-12-7-15-29-24)16-20-8-3-1-4-9-20/h1-12,15,22-23,26H,13-14,16-19H2/t22?,23-/m1/s1. The van der Waals surface area contributed by atoms with Gasteiger partial charge in [0.25, 0.3) is 0 Å². The number of carbonyl (C=O) groups is 1. The molecule has 2 heterocycles. The fourth-order valence-electron chi connectivity index (χ4n) is 4.18. The molecule has 3 aromatic rings. The molecule has 1 aliphatic rings. The Morgan fingerprint density at radius 2 is 1.72 bits per heavy atom. The number of benzene rings is 2. The number of rotatable bonds is 7. The second kappa shape index (κ2) is 9.57. The minimum Gasteiger partial charge on any atom is -0.469 e. The zero-order valence-corrected chi connectivity index (χ0v) is 16.7. The molecule has 150 valence electrons. The van der Waals surface area contributed by atoms with E-state index in [0.717, 1.165) is 38.2 Å². The predicted molar refractivity (Wildman–Crippen MR) is 115 cm³/mol. The van der Waals surface area contributed by atoms with Crippen LogP contribution < -0.4 is 5.32 Å². The Labute approximate surface area is 172 Å². The molecule has 4 nitrogen and oxygen atoms in total. The van der Waals surface area contributed by atoms with E-state index in [1.165, 1.54) is 11.1 Å². The molecule has 1 N–H and O–H groups in total. The minimum absolute atomic E-state index is 0.0483. The van der Waals surface area contributed by atoms with Crippen molar-refractivity contribution in [3.8, 4) is 0 Å². The van der Waals surface area contributed by atoms with E-state index in [1.807, 2.05) is 36.4 Å². The first-order valence-corrected chi connectivity index (χ1v) is 10.4. The van der Waals surface area contributed by atoms with Gasteiger partial charge in [-0.15, -0.1) is 0 Å². The number of nitrogens with zero attached hydrogens (tertiary/aromatic N) is 1. The topological polar surface area (TPSA) is 45.5 Å². The number of hydrogen-bond donors (Lipinski definition) is 1. The molecule has 4 rings (SSSR count). The number of hydrogen-bond acceptors (Lipinski definition) is 3. The first-order chi connectivity index (χ1) is 14.3. The Morgan fingerprint density at radius 3 is 2.41 bits per heavy atom. The highest BCUT2D eigenvalue weighted by molar-refractivity contribution is 5.77. The van der Waals surface area contributed by atoms with E-state index in [1.54, 1.807) is 6.26 Å². The van der Waals surface area contributed by atoms with E-state index >= 15 is 0 Å². The van der Waals surface area contributed by atoms with Crippen LogP contribution in [0, 0.1) is 0 Å². The molecule has 0 bridgehead atoms. The summed E-state index contributed by atoms with van der Waals surface area (Å²) in [6, 6.07) is 24.8. The summed E-state index contributed by atoms with van der Waals surface area (Å²) in [5, 5.41) is 3.45. The summed E-state index contributed by atoms with van der Waals surface area (Å²) >= 11 is 0. The van der Waals surface area contributed by atoms with Gasteiger partial charge >= 0.3 is 0 Å². The molecule has 2 aromatic carbocycles. The van der Waals surface area contributed by atoms with E-state index < -0.39 is 0 Å². The molecular weight excluding hydrogens is 360 g/mol. The largest absolute Gasteiger partial charge is 0.469 e. The molecule has 4 heteroatoms. The van der Waals surface area contributed by atoms with Gasteiger partial charge in [-0.1, -0.05) is 60.7 Å². The molecule has 29 heavy (non-hydrogen) atoms. The second-order valence-electron chi connectivity index (χ2n) is 7.74. The summed E-state index contributed by atoms with van der Waals surface area (Å²) < 4.78 is 5.70. The van der Waals surface area contributed by atoms with Crippen molar-refractivity contribution >= 4 is 5.91 Å². The summed E-state index contributed by atoms with van der Waals surface area (Å²) in [4.78, 5) is 15.4. The minimum atomic E-state index is 0.0483. The Bertz CT molecular complexity index is 878. The van der Waals surface area contributed by atoms with Crippen LogP contribution in [-0.4, -0.2) is 36.5 Å². The van der Waals surface area contributed by atoms with Crippen molar-refractivity contribution < 1.29 is 9.21 Å². The molecule has 1 fully saturated rings. The van der Waals surface area contributed by atoms with Crippen LogP contribution in [-0.2, 0) is 17.6 Å². The molecule has 1 unspecified atom stereocenters. The van der Waals surface area contributed by atoms with E-state index in [-0.39, 0.29) is 17.9 Å². The van der Waals surface area contributed by atoms with Crippen molar-refractivity contribution in [2.75, 3.05) is 19.6 Å². The van der Waals surface area contributed by atoms with Crippen LogP contribution in [0.25, 0.3) is 0 Å². The molecule has 1 aromatic heterocycles. The lowest BCUT2D eigenvalue weighted by Crippen LogP contribution is -2.54. The van der Waals surface area contributed by atoms with Crippen LogP contribution in [0.5, 0.6) is 0 Å². The van der Waals surface area contributed by atoms with Gasteiger partial charge < -0.3 is 14.6 Å². The first-order valence-electron chi connectivity index (χ1n) is 10.4. The van der Waals surface area contributed by atoms with Gasteiger partial charge in [0.2, 0.25) is 5.91 Å². The Kier molecular flexibility index (Phi) is 6.42. The maximum absolute atomic E-state index is 13.4. The van der Waals surface area contributed by atoms with Gasteiger partial charge in [-0.25, -0.2) is 0 Å². The fourth-order valence-corrected chi connectivity index (χ4v) is 4.18. The normalized spacial score (nSPS) is 17.8. The highest BCUT2D eigenvalue weighted by Gasteiger charge is 2.29. The average molecular weight is 389 g/mol. The van der Waals surface area contributed by atoms with Gasteiger partial charge in [0.15, 0.2) is 0 Å². The molecule has 2 atom stereocenters. The van der Waals surface area contributed by atoms with Crippen molar-refractivity contribution in [1.29, 1.82) is 0 Å². The number of carbonyl (C=O) groups excluding carboxylic acids is 1. The molecule has 0 spiro atoms. The van der Waals surface area contributed by atoms with Gasteiger partial charge in [-0.05, 0) is 36.1 Å². The van der Waals surface area contributed by atoms with Crippen LogP contribution >= 0.6 is 0 Å². The summed E-state index contributed by atoms with van der Waals surface area (Å²) in [6.07, 6.45) is 3.84. The van der Waals surface area contributed by atoms with Gasteiger partial charge in [0, 0.05) is 38.0 Å². The SMILES string of the molecule is O=C(CC(Cc1ccccc1)c1ccco1)N1CCNC[C@H]1Cc1ccccc1. The molecule has 1 aliphatic heterocycles. The molecule has 1 saturated heterocycles. The zero-order chi connectivity index (χ0) is 19.9. The number of furan rings is 1. The fraction of sp³-hybridized carbons (Fsp3) is 0.320. The summed E-state index contributed by atoms with van der Waals surface area (Å²) in [5.74, 6) is 1.15. The molecule has 0 saturated carbocycles. The first kappa shape index (κ1) is 19.5. The Balaban J connectivity index is 1.48. The van der Waals surface area contributed by atoms with Crippen LogP contribution in [0.1, 0.15) is 29.2 Å². The zero-order valence-electron chi connectivity index (χ0n) is 16.7. The molecule has 1 amide bonds. The summed E-state index contributed by atoms with van der Waals surface area (Å²) in [6.45, 7) is 2.44. The predicted octanol–water partition coefficient (Wildman–Crippen LogP) is 4.04. The highest BCUT2D eigenvalue weighted by Crippen LogP contribution is 2.27. The van der Waals surface area contributed by atoms with Crippen LogP contribution in [0.15, 0.2) is 83.5 Å². The van der Waals surface area contributed by atoms with Crippen molar-refractivity contribution in [2.24, 2.45) is 0 Å². The lowest BCUT2D eigenvalue weighted by atomic mass is 9.92. The second-order valence-corrected chi connectivity index (χ2v) is 7.74. The Morgan fingerprint density at radius 1 is 1.00 bits per heavy atom. The van der Waals surface area contributed by atoms with Gasteiger partial charge in [0.05, 0.1) is 6.26 Å². The summed E-state index contributed by atoms with van der Waals surface area (Å²) in [5.41, 5.74) is 2.49. The van der Waals surface area contributed by atoms with Gasteiger partial charge in [0.1, 0.15) is 5.76 Å². The van der Waals surface area contributed by atoms with Crippen molar-refractivity contribution in [3.63, 3.8) is 0 Å². The van der Waals surface area contributed by atoms with Crippen LogP contribution in [0.2, 0.25) is 0 Å². The smallest absolute Gasteiger partial charge is 0.223 e. The highest BCUT2D eigenvalue weighted by atomic mass is 16.3. The third kappa shape index (κ3) is 5.15. The molecular formula is C25H28N2O2. The third-order valence-corrected chi connectivity index (χ3v) is 5.68. The maximum atomic E-state index is 13.4. The maximum Gasteiger partial charge on any atom is 0.223 e. The number of amides is 1. The quantitative estimate of drug-likeness (QED) is 0.664. The van der Waals surface area contributed by atoms with Crippen molar-refractivity contribution in [3.05, 3.63) is 95.9 Å². The van der Waals surface area contributed by atoms with E-state index in [4.69, 9.17) is 4.42 Å². The lowest BCUT2D eigenvalue weighted by Gasteiger charge is -2.37. The Hall–Kier alpha value is -2.85. The number of nitrogens with one attached hydrogen (secondary N) is 1. The van der Waals surface area contributed by atoms with Crippen LogP contribution in [0.3, 0.4) is 0 Å². The van der Waals surface area contributed by atoms with E-state index in [9.17, 15) is 4.79 Å². The molecule has 0 aliphatic carbocycles. The van der Waals surface area contributed by atoms with Gasteiger partial charge in [-0.3, -0.25) is 4.79 Å². The van der Waals surface area contributed by atoms with E-state index in [2.05, 4.69) is 46.6 Å². The van der Waals surface area contributed by atoms with Crippen molar-refractivity contribution in [2.45, 2.75) is 31.2 Å². The van der Waals surface area contributed by atoms with Gasteiger partial charge in [-0.2, -0.15) is 0 Å². The summed E-state index contributed by atoms with van der Waals surface area (Å²) in [7, 11) is 0. The number of piperazine rings is 1. The van der Waals surface area contributed by atoms with E-state index in [0.29, 0.717) is 6.42 Å².